The molecule has 0 spiro atoms. The van der Waals surface area contributed by atoms with Crippen LogP contribution in [0.3, 0.4) is 0 Å². The number of benzene rings is 2. The first-order valence-corrected chi connectivity index (χ1v) is 10.2. The number of nitrogens with zero attached hydrogens (tertiary/aromatic N) is 1. The van der Waals surface area contributed by atoms with Crippen LogP contribution < -0.4 is 14.8 Å². The highest BCUT2D eigenvalue weighted by Gasteiger charge is 2.27. The Hall–Kier alpha value is -3.41. The summed E-state index contributed by atoms with van der Waals surface area (Å²) in [6, 6.07) is 13.9. The fourth-order valence-electron chi connectivity index (χ4n) is 4.76. The zero-order chi connectivity index (χ0) is 20.8. The Balaban J connectivity index is 1.53. The van der Waals surface area contributed by atoms with E-state index >= 15 is 0 Å². The van der Waals surface area contributed by atoms with Gasteiger partial charge in [0.1, 0.15) is 17.2 Å². The van der Waals surface area contributed by atoms with E-state index in [1.165, 1.54) is 10.9 Å². The van der Waals surface area contributed by atoms with E-state index in [1.807, 2.05) is 35.9 Å². The second-order valence-electron chi connectivity index (χ2n) is 7.80. The van der Waals surface area contributed by atoms with Crippen molar-refractivity contribution in [1.29, 1.82) is 0 Å². The molecule has 30 heavy (non-hydrogen) atoms. The first-order valence-electron chi connectivity index (χ1n) is 10.2. The van der Waals surface area contributed by atoms with Crippen molar-refractivity contribution in [2.45, 2.75) is 25.3 Å². The maximum absolute atomic E-state index is 13.3. The van der Waals surface area contributed by atoms with Crippen LogP contribution in [0.1, 0.15) is 40.6 Å². The van der Waals surface area contributed by atoms with Gasteiger partial charge in [0.2, 0.25) is 0 Å². The Morgan fingerprint density at radius 2 is 1.87 bits per heavy atom. The zero-order valence-corrected chi connectivity index (χ0v) is 17.4. The average molecular weight is 403 g/mol. The fraction of sp³-hybridized carbons (Fsp3) is 0.292. The first kappa shape index (κ1) is 18.6. The van der Waals surface area contributed by atoms with E-state index in [9.17, 15) is 4.79 Å². The minimum absolute atomic E-state index is 0.0320. The summed E-state index contributed by atoms with van der Waals surface area (Å²) < 4.78 is 12.9. The van der Waals surface area contributed by atoms with Gasteiger partial charge in [0.25, 0.3) is 5.91 Å². The van der Waals surface area contributed by atoms with E-state index in [0.717, 1.165) is 47.1 Å². The minimum Gasteiger partial charge on any atom is -0.496 e. The number of rotatable bonds is 4. The molecule has 154 valence electrons. The Bertz CT molecular complexity index is 1270. The molecule has 0 saturated heterocycles. The van der Waals surface area contributed by atoms with Crippen molar-refractivity contribution in [2.75, 3.05) is 14.2 Å². The molecule has 0 radical (unpaired) electrons. The molecule has 1 atom stereocenters. The summed E-state index contributed by atoms with van der Waals surface area (Å²) in [6.07, 6.45) is 3.01. The molecule has 5 rings (SSSR count). The predicted octanol–water partition coefficient (Wildman–Crippen LogP) is 4.48. The molecule has 2 N–H and O–H groups in total. The highest BCUT2D eigenvalue weighted by atomic mass is 16.5. The highest BCUT2D eigenvalue weighted by molar-refractivity contribution is 6.02. The molecule has 2 heterocycles. The van der Waals surface area contributed by atoms with Gasteiger partial charge in [-0.15, -0.1) is 0 Å². The van der Waals surface area contributed by atoms with Crippen LogP contribution in [0.5, 0.6) is 11.5 Å². The third kappa shape index (κ3) is 2.75. The Morgan fingerprint density at radius 3 is 2.67 bits per heavy atom. The molecule has 1 aliphatic rings. The second kappa shape index (κ2) is 7.13. The van der Waals surface area contributed by atoms with E-state index in [2.05, 4.69) is 28.5 Å². The van der Waals surface area contributed by atoms with Crippen molar-refractivity contribution >= 4 is 27.7 Å². The third-order valence-electron chi connectivity index (χ3n) is 6.21. The molecule has 0 saturated carbocycles. The maximum Gasteiger partial charge on any atom is 0.268 e. The van der Waals surface area contributed by atoms with Crippen molar-refractivity contribution in [3.63, 3.8) is 0 Å². The molecule has 1 aliphatic carbocycles. The number of carbonyl (C=O) groups excluding carboxylic acids is 1. The molecule has 6 nitrogen and oxygen atoms in total. The Labute approximate surface area is 174 Å². The summed E-state index contributed by atoms with van der Waals surface area (Å²) in [7, 11) is 5.15. The minimum atomic E-state index is -0.102. The number of nitrogens with one attached hydrogen (secondary N) is 2. The molecule has 6 heteroatoms. The number of H-pyrrole nitrogens is 1. The first-order chi connectivity index (χ1) is 14.6. The molecule has 0 fully saturated rings. The molecule has 1 amide bonds. The van der Waals surface area contributed by atoms with E-state index in [4.69, 9.17) is 9.47 Å². The number of para-hydroxylation sites is 1. The molecule has 0 bridgehead atoms. The van der Waals surface area contributed by atoms with Gasteiger partial charge >= 0.3 is 0 Å². The molecule has 4 aromatic rings. The van der Waals surface area contributed by atoms with Gasteiger partial charge in [-0.2, -0.15) is 0 Å². The number of aromatic nitrogens is 2. The highest BCUT2D eigenvalue weighted by Crippen LogP contribution is 2.37. The van der Waals surface area contributed by atoms with Crippen molar-refractivity contribution in [2.24, 2.45) is 7.05 Å². The average Bonchev–Trinajstić information content (AvgIpc) is 3.32. The lowest BCUT2D eigenvalue weighted by atomic mass is 9.91. The lowest BCUT2D eigenvalue weighted by molar-refractivity contribution is 0.0924. The van der Waals surface area contributed by atoms with Crippen molar-refractivity contribution in [3.05, 3.63) is 59.4 Å². The monoisotopic (exact) mass is 403 g/mol. The molecular formula is C24H25N3O3. The largest absolute Gasteiger partial charge is 0.496 e. The lowest BCUT2D eigenvalue weighted by Gasteiger charge is -2.24. The molecule has 0 aliphatic heterocycles. The van der Waals surface area contributed by atoms with Crippen molar-refractivity contribution < 1.29 is 14.3 Å². The number of carbonyl (C=O) groups is 1. The molecular weight excluding hydrogens is 378 g/mol. The standard InChI is InChI=1S/C24H25N3O3/c1-27-19(13-16-20(29-2)11-12-21(30-3)23(16)27)24(28)26-18-10-6-8-15-14-7-4-5-9-17(14)25-22(15)18/h4-5,7,9,11-13,18,25H,6,8,10H2,1-3H3,(H,26,28). The van der Waals surface area contributed by atoms with Gasteiger partial charge in [-0.25, -0.2) is 0 Å². The van der Waals surface area contributed by atoms with E-state index in [0.29, 0.717) is 11.4 Å². The number of aromatic amines is 1. The van der Waals surface area contributed by atoms with Gasteiger partial charge in [-0.3, -0.25) is 4.79 Å². The van der Waals surface area contributed by atoms with Crippen LogP contribution in [-0.4, -0.2) is 29.7 Å². The van der Waals surface area contributed by atoms with Crippen LogP contribution in [0.15, 0.2) is 42.5 Å². The number of ether oxygens (including phenoxy) is 2. The van der Waals surface area contributed by atoms with Gasteiger partial charge < -0.3 is 24.3 Å². The summed E-state index contributed by atoms with van der Waals surface area (Å²) in [5.41, 5.74) is 5.00. The summed E-state index contributed by atoms with van der Waals surface area (Å²) in [5, 5.41) is 5.37. The molecule has 1 unspecified atom stereocenters. The smallest absolute Gasteiger partial charge is 0.268 e. The number of fused-ring (bicyclic) bond motifs is 4. The second-order valence-corrected chi connectivity index (χ2v) is 7.80. The van der Waals surface area contributed by atoms with E-state index < -0.39 is 0 Å². The van der Waals surface area contributed by atoms with Crippen LogP contribution in [0, 0.1) is 0 Å². The fourth-order valence-corrected chi connectivity index (χ4v) is 4.76. The van der Waals surface area contributed by atoms with E-state index in [-0.39, 0.29) is 11.9 Å². The van der Waals surface area contributed by atoms with Crippen LogP contribution in [-0.2, 0) is 13.5 Å². The Morgan fingerprint density at radius 1 is 1.10 bits per heavy atom. The van der Waals surface area contributed by atoms with Gasteiger partial charge in [-0.05, 0) is 49.1 Å². The normalized spacial score (nSPS) is 15.9. The topological polar surface area (TPSA) is 68.3 Å². The van der Waals surface area contributed by atoms with Gasteiger partial charge in [0, 0.05) is 29.0 Å². The quantitative estimate of drug-likeness (QED) is 0.528. The van der Waals surface area contributed by atoms with Gasteiger partial charge in [-0.1, -0.05) is 18.2 Å². The van der Waals surface area contributed by atoms with Gasteiger partial charge in [0.15, 0.2) is 0 Å². The molecule has 2 aromatic carbocycles. The van der Waals surface area contributed by atoms with Crippen LogP contribution in [0.2, 0.25) is 0 Å². The van der Waals surface area contributed by atoms with Gasteiger partial charge in [0.05, 0.1) is 25.8 Å². The summed E-state index contributed by atoms with van der Waals surface area (Å²) in [5.74, 6) is 1.33. The number of hydrogen-bond acceptors (Lipinski definition) is 3. The summed E-state index contributed by atoms with van der Waals surface area (Å²) in [6.45, 7) is 0. The predicted molar refractivity (Wildman–Crippen MR) is 117 cm³/mol. The van der Waals surface area contributed by atoms with E-state index in [1.54, 1.807) is 14.2 Å². The summed E-state index contributed by atoms with van der Waals surface area (Å²) >= 11 is 0. The summed E-state index contributed by atoms with van der Waals surface area (Å²) in [4.78, 5) is 16.8. The number of aryl methyl sites for hydroxylation is 2. The van der Waals surface area contributed by atoms with Crippen LogP contribution in [0.4, 0.5) is 0 Å². The number of hydrogen-bond donors (Lipinski definition) is 2. The lowest BCUT2D eigenvalue weighted by Crippen LogP contribution is -2.32. The third-order valence-corrected chi connectivity index (χ3v) is 6.21. The van der Waals surface area contributed by atoms with Crippen molar-refractivity contribution in [3.8, 4) is 11.5 Å². The SMILES string of the molecule is COc1ccc(OC)c2c1cc(C(=O)NC1CCCc3c1[nH]c1ccccc31)n2C. The molecule has 2 aromatic heterocycles. The van der Waals surface area contributed by atoms with Crippen LogP contribution in [0.25, 0.3) is 21.8 Å². The Kier molecular flexibility index (Phi) is 4.42. The number of methoxy groups -OCH3 is 2. The zero-order valence-electron chi connectivity index (χ0n) is 17.4. The van der Waals surface area contributed by atoms with Crippen molar-refractivity contribution in [1.82, 2.24) is 14.9 Å². The maximum atomic E-state index is 13.3. The van der Waals surface area contributed by atoms with Crippen LogP contribution >= 0.6 is 0 Å². The number of amides is 1.